The molecular weight excluding hydrogens is 602 g/mol. The number of halogens is 1. The third-order valence-corrected chi connectivity index (χ3v) is 10.2. The van der Waals surface area contributed by atoms with Crippen LogP contribution in [-0.2, 0) is 23.6 Å². The van der Waals surface area contributed by atoms with E-state index in [2.05, 4.69) is 60.0 Å². The number of pyridine rings is 1. The molecule has 3 aliphatic heterocycles. The van der Waals surface area contributed by atoms with Crippen LogP contribution in [0.25, 0.3) is 22.4 Å². The van der Waals surface area contributed by atoms with Gasteiger partial charge in [0.25, 0.3) is 5.79 Å². The first kappa shape index (κ1) is 28.3. The van der Waals surface area contributed by atoms with Gasteiger partial charge < -0.3 is 23.8 Å². The highest BCUT2D eigenvalue weighted by Gasteiger charge is 2.42. The van der Waals surface area contributed by atoms with E-state index in [1.54, 1.807) is 6.20 Å². The molecule has 1 aliphatic carbocycles. The van der Waals surface area contributed by atoms with Crippen molar-refractivity contribution in [3.8, 4) is 22.9 Å². The maximum absolute atomic E-state index is 6.51. The third-order valence-electron chi connectivity index (χ3n) is 9.94. The zero-order valence-corrected chi connectivity index (χ0v) is 26.5. The maximum Gasteiger partial charge on any atom is 0.292 e. The predicted molar refractivity (Wildman–Crippen MR) is 173 cm³/mol. The molecule has 5 aromatic rings. The lowest BCUT2D eigenvalue weighted by atomic mass is 9.88. The zero-order valence-electron chi connectivity index (χ0n) is 25.8. The van der Waals surface area contributed by atoms with E-state index >= 15 is 0 Å². The van der Waals surface area contributed by atoms with Gasteiger partial charge in [-0.15, -0.1) is 10.2 Å². The van der Waals surface area contributed by atoms with Crippen LogP contribution in [0.2, 0.25) is 5.02 Å². The summed E-state index contributed by atoms with van der Waals surface area (Å²) in [5.74, 6) is 4.42. The fraction of sp³-hybridized carbons (Fsp3) is 0.429. The predicted octanol–water partition coefficient (Wildman–Crippen LogP) is 6.56. The number of para-hydroxylation sites is 1. The number of H-pyrrole nitrogens is 1. The smallest absolute Gasteiger partial charge is 0.292 e. The molecule has 3 fully saturated rings. The van der Waals surface area contributed by atoms with Gasteiger partial charge in [0.2, 0.25) is 0 Å². The second-order valence-electron chi connectivity index (χ2n) is 13.2. The van der Waals surface area contributed by atoms with Gasteiger partial charge in [0, 0.05) is 36.8 Å². The van der Waals surface area contributed by atoms with E-state index in [4.69, 9.17) is 30.8 Å². The molecule has 0 bridgehead atoms. The quantitative estimate of drug-likeness (QED) is 0.204. The summed E-state index contributed by atoms with van der Waals surface area (Å²) in [4.78, 5) is 15.6. The van der Waals surface area contributed by atoms with Crippen molar-refractivity contribution < 1.29 is 14.2 Å². The molecule has 1 saturated carbocycles. The lowest BCUT2D eigenvalue weighted by molar-refractivity contribution is -0.0722. The molecule has 46 heavy (non-hydrogen) atoms. The Morgan fingerprint density at radius 3 is 2.61 bits per heavy atom. The molecular formula is C35H36ClN7O3. The Morgan fingerprint density at radius 1 is 0.978 bits per heavy atom. The maximum atomic E-state index is 6.51. The number of ether oxygens (including phenoxy) is 3. The number of piperidine rings is 1. The van der Waals surface area contributed by atoms with E-state index in [1.165, 1.54) is 18.4 Å². The molecule has 2 unspecified atom stereocenters. The van der Waals surface area contributed by atoms with E-state index in [1.807, 2.05) is 25.1 Å². The Hall–Kier alpha value is -3.99. The Labute approximate surface area is 272 Å². The van der Waals surface area contributed by atoms with E-state index in [9.17, 15) is 0 Å². The van der Waals surface area contributed by atoms with E-state index < -0.39 is 5.79 Å². The largest absolute Gasteiger partial charge is 0.443 e. The normalized spacial score (nSPS) is 23.2. The average molecular weight is 638 g/mol. The summed E-state index contributed by atoms with van der Waals surface area (Å²) in [6.07, 6.45) is 7.40. The summed E-state index contributed by atoms with van der Waals surface area (Å²) in [6.45, 7) is 6.32. The van der Waals surface area contributed by atoms with Crippen molar-refractivity contribution in [1.29, 1.82) is 0 Å². The van der Waals surface area contributed by atoms with Crippen molar-refractivity contribution in [3.63, 3.8) is 0 Å². The number of aromatic nitrogens is 6. The fourth-order valence-corrected chi connectivity index (χ4v) is 7.16. The van der Waals surface area contributed by atoms with Crippen LogP contribution in [0, 0.1) is 0 Å². The molecule has 2 atom stereocenters. The lowest BCUT2D eigenvalue weighted by Crippen LogP contribution is -2.35. The van der Waals surface area contributed by atoms with Gasteiger partial charge in [0.05, 0.1) is 35.2 Å². The van der Waals surface area contributed by atoms with Crippen molar-refractivity contribution in [3.05, 3.63) is 82.7 Å². The highest BCUT2D eigenvalue weighted by atomic mass is 35.5. The molecule has 0 amide bonds. The molecule has 10 nitrogen and oxygen atoms in total. The molecule has 236 valence electrons. The van der Waals surface area contributed by atoms with Gasteiger partial charge in [0.1, 0.15) is 17.3 Å². The Kier molecular flexibility index (Phi) is 6.80. The topological polar surface area (TPSA) is 103 Å². The Balaban J connectivity index is 0.924. The third kappa shape index (κ3) is 5.12. The second kappa shape index (κ2) is 11.1. The van der Waals surface area contributed by atoms with Gasteiger partial charge in [0.15, 0.2) is 17.3 Å². The molecule has 11 heteroatoms. The van der Waals surface area contributed by atoms with Crippen molar-refractivity contribution in [2.45, 2.75) is 75.8 Å². The van der Waals surface area contributed by atoms with Crippen molar-refractivity contribution in [2.24, 2.45) is 0 Å². The number of hydrogen-bond acceptors (Lipinski definition) is 8. The highest BCUT2D eigenvalue weighted by Crippen LogP contribution is 2.49. The number of rotatable bonds is 8. The minimum atomic E-state index is -0.986. The van der Waals surface area contributed by atoms with Crippen LogP contribution in [-0.4, -0.2) is 60.4 Å². The van der Waals surface area contributed by atoms with Crippen LogP contribution in [0.3, 0.4) is 0 Å². The number of imidazole rings is 1. The molecule has 0 spiro atoms. The molecule has 2 aromatic carbocycles. The number of aromatic amines is 1. The van der Waals surface area contributed by atoms with Crippen LogP contribution in [0.15, 0.2) is 54.7 Å². The van der Waals surface area contributed by atoms with Crippen molar-refractivity contribution in [1.82, 2.24) is 34.6 Å². The van der Waals surface area contributed by atoms with E-state index in [-0.39, 0.29) is 6.10 Å². The van der Waals surface area contributed by atoms with E-state index in [0.717, 1.165) is 97.6 Å². The van der Waals surface area contributed by atoms with Gasteiger partial charge in [-0.25, -0.2) is 4.98 Å². The highest BCUT2D eigenvalue weighted by molar-refractivity contribution is 6.30. The molecule has 6 heterocycles. The lowest BCUT2D eigenvalue weighted by Gasteiger charge is -2.33. The van der Waals surface area contributed by atoms with E-state index in [0.29, 0.717) is 22.6 Å². The number of nitrogens with zero attached hydrogens (tertiary/aromatic N) is 6. The summed E-state index contributed by atoms with van der Waals surface area (Å²) in [7, 11) is 0. The first-order valence-corrected chi connectivity index (χ1v) is 16.8. The summed E-state index contributed by atoms with van der Waals surface area (Å²) in [6, 6.07) is 16.4. The Bertz CT molecular complexity index is 1910. The van der Waals surface area contributed by atoms with Gasteiger partial charge in [-0.3, -0.25) is 9.88 Å². The molecule has 4 aliphatic rings. The van der Waals surface area contributed by atoms with Crippen LogP contribution in [0.1, 0.15) is 73.8 Å². The monoisotopic (exact) mass is 637 g/mol. The fourth-order valence-electron chi connectivity index (χ4n) is 7.05. The second-order valence-corrected chi connectivity index (χ2v) is 13.6. The van der Waals surface area contributed by atoms with Crippen LogP contribution < -0.4 is 9.47 Å². The minimum Gasteiger partial charge on any atom is -0.443 e. The first-order chi connectivity index (χ1) is 22.5. The SMILES string of the molecule is CC1(c2ccc(Cl)cn2)Oc2cccc(C3CCN(Cc4nc5cc(-c6nnc(C7CC7)[nH]6)ccc5n4CC4CCO4)CC3)c2O1. The van der Waals surface area contributed by atoms with Crippen LogP contribution >= 0.6 is 11.6 Å². The summed E-state index contributed by atoms with van der Waals surface area (Å²) in [5.41, 5.74) is 5.05. The molecule has 0 radical (unpaired) electrons. The van der Waals surface area contributed by atoms with Crippen LogP contribution in [0.5, 0.6) is 11.5 Å². The van der Waals surface area contributed by atoms with Crippen molar-refractivity contribution >= 4 is 22.6 Å². The number of fused-ring (bicyclic) bond motifs is 2. The minimum absolute atomic E-state index is 0.244. The summed E-state index contributed by atoms with van der Waals surface area (Å²) < 4.78 is 21.1. The van der Waals surface area contributed by atoms with Gasteiger partial charge in [-0.2, -0.15) is 0 Å². The number of nitrogens with one attached hydrogen (secondary N) is 1. The Morgan fingerprint density at radius 2 is 1.85 bits per heavy atom. The molecule has 9 rings (SSSR count). The van der Waals surface area contributed by atoms with Crippen molar-refractivity contribution in [2.75, 3.05) is 19.7 Å². The summed E-state index contributed by atoms with van der Waals surface area (Å²) in [5, 5.41) is 9.41. The first-order valence-electron chi connectivity index (χ1n) is 16.4. The van der Waals surface area contributed by atoms with Gasteiger partial charge in [-0.05, 0) is 87.5 Å². The molecule has 2 saturated heterocycles. The number of likely N-dealkylation sites (tertiary alicyclic amines) is 1. The van der Waals surface area contributed by atoms with Crippen LogP contribution in [0.4, 0.5) is 0 Å². The number of benzene rings is 2. The molecule has 1 N–H and O–H groups in total. The van der Waals surface area contributed by atoms with Gasteiger partial charge >= 0.3 is 0 Å². The molecule has 3 aromatic heterocycles. The summed E-state index contributed by atoms with van der Waals surface area (Å²) >= 11 is 6.08. The average Bonchev–Trinajstić information content (AvgIpc) is 3.51. The zero-order chi connectivity index (χ0) is 30.8. The number of hydrogen-bond donors (Lipinski definition) is 1. The standard InChI is InChI=1S/C35H36ClN7O3/c1-35(30-10-8-24(36)18-37-30)45-29-4-2-3-26(32(29)46-35)21-11-14-42(15-12-21)20-31-38-27-17-23(34-39-33(40-41-34)22-5-6-22)7-9-28(27)43(31)19-25-13-16-44-25/h2-4,7-10,17-18,21-22,25H,5-6,11-16,19-20H2,1H3,(H,39,40,41). The van der Waals surface area contributed by atoms with Gasteiger partial charge in [-0.1, -0.05) is 23.7 Å².